The molecule has 0 saturated carbocycles. The van der Waals surface area contributed by atoms with E-state index in [1.807, 2.05) is 54.6 Å². The third-order valence-corrected chi connectivity index (χ3v) is 6.02. The van der Waals surface area contributed by atoms with Crippen LogP contribution in [0.4, 0.5) is 5.69 Å². The molecule has 178 valence electrons. The fraction of sp³-hybridized carbons (Fsp3) is 0.308. The highest BCUT2D eigenvalue weighted by Gasteiger charge is 2.28. The second kappa shape index (κ2) is 11.4. The standard InChI is InChI=1S/C26H30N4O4/c1-33-22-11-9-21(10-12-22)29-13-15-30(16-14-29)23(24-8-5-17-34-24)19-28-26(32)25(31)27-18-20-6-3-2-4-7-20/h2-12,17,23H,13-16,18-19H2,1H3,(H,27,31)(H,28,32). The number of carbonyl (C=O) groups is 2. The van der Waals surface area contributed by atoms with Crippen LogP contribution in [0.25, 0.3) is 0 Å². The van der Waals surface area contributed by atoms with Crippen molar-refractivity contribution in [2.75, 3.05) is 44.7 Å². The van der Waals surface area contributed by atoms with Crippen LogP contribution >= 0.6 is 0 Å². The molecule has 1 saturated heterocycles. The molecule has 1 aliphatic rings. The van der Waals surface area contributed by atoms with Crippen molar-refractivity contribution in [1.82, 2.24) is 15.5 Å². The number of methoxy groups -OCH3 is 1. The van der Waals surface area contributed by atoms with E-state index in [2.05, 4.69) is 32.6 Å². The normalized spacial score (nSPS) is 14.9. The second-order valence-electron chi connectivity index (χ2n) is 8.13. The minimum atomic E-state index is -0.649. The predicted octanol–water partition coefficient (Wildman–Crippen LogP) is 2.58. The molecule has 1 unspecified atom stereocenters. The summed E-state index contributed by atoms with van der Waals surface area (Å²) in [6.45, 7) is 3.88. The summed E-state index contributed by atoms with van der Waals surface area (Å²) < 4.78 is 10.9. The number of furan rings is 1. The van der Waals surface area contributed by atoms with E-state index in [1.165, 1.54) is 0 Å². The van der Waals surface area contributed by atoms with Gasteiger partial charge in [-0.2, -0.15) is 0 Å². The van der Waals surface area contributed by atoms with Gasteiger partial charge in [0, 0.05) is 45.0 Å². The van der Waals surface area contributed by atoms with Gasteiger partial charge in [-0.15, -0.1) is 0 Å². The predicted molar refractivity (Wildman–Crippen MR) is 130 cm³/mol. The molecular formula is C26H30N4O4. The van der Waals surface area contributed by atoms with E-state index in [-0.39, 0.29) is 12.6 Å². The van der Waals surface area contributed by atoms with Crippen LogP contribution in [0, 0.1) is 0 Å². The number of nitrogens with zero attached hydrogens (tertiary/aromatic N) is 2. The van der Waals surface area contributed by atoms with Crippen molar-refractivity contribution in [2.24, 2.45) is 0 Å². The van der Waals surface area contributed by atoms with E-state index >= 15 is 0 Å². The van der Waals surface area contributed by atoms with E-state index < -0.39 is 11.8 Å². The maximum atomic E-state index is 12.4. The first-order chi connectivity index (χ1) is 16.6. The van der Waals surface area contributed by atoms with E-state index in [1.54, 1.807) is 13.4 Å². The van der Waals surface area contributed by atoms with E-state index in [9.17, 15) is 9.59 Å². The molecule has 1 atom stereocenters. The molecule has 8 nitrogen and oxygen atoms in total. The van der Waals surface area contributed by atoms with Gasteiger partial charge in [0.2, 0.25) is 0 Å². The average molecular weight is 463 g/mol. The smallest absolute Gasteiger partial charge is 0.309 e. The summed E-state index contributed by atoms with van der Waals surface area (Å²) in [6.07, 6.45) is 1.63. The van der Waals surface area contributed by atoms with Crippen LogP contribution < -0.4 is 20.3 Å². The van der Waals surface area contributed by atoms with Gasteiger partial charge in [-0.1, -0.05) is 30.3 Å². The lowest BCUT2D eigenvalue weighted by atomic mass is 10.1. The second-order valence-corrected chi connectivity index (χ2v) is 8.13. The summed E-state index contributed by atoms with van der Waals surface area (Å²) in [7, 11) is 1.66. The Bertz CT molecular complexity index is 1050. The largest absolute Gasteiger partial charge is 0.497 e. The summed E-state index contributed by atoms with van der Waals surface area (Å²) in [6, 6.07) is 21.1. The van der Waals surface area contributed by atoms with Crippen LogP contribution in [0.3, 0.4) is 0 Å². The number of ether oxygens (including phenoxy) is 1. The van der Waals surface area contributed by atoms with Gasteiger partial charge < -0.3 is 24.7 Å². The Balaban J connectivity index is 1.31. The van der Waals surface area contributed by atoms with E-state index in [0.717, 1.165) is 48.9 Å². The number of benzene rings is 2. The number of hydrogen-bond acceptors (Lipinski definition) is 6. The Morgan fingerprint density at radius 1 is 0.912 bits per heavy atom. The third kappa shape index (κ3) is 5.96. The van der Waals surface area contributed by atoms with E-state index in [0.29, 0.717) is 6.54 Å². The molecule has 2 heterocycles. The van der Waals surface area contributed by atoms with Crippen LogP contribution in [0.15, 0.2) is 77.4 Å². The molecule has 1 fully saturated rings. The molecule has 0 radical (unpaired) electrons. The maximum absolute atomic E-state index is 12.4. The molecule has 2 N–H and O–H groups in total. The molecule has 0 bridgehead atoms. The zero-order chi connectivity index (χ0) is 23.8. The van der Waals surface area contributed by atoms with Crippen LogP contribution in [0.2, 0.25) is 0 Å². The van der Waals surface area contributed by atoms with Gasteiger partial charge in [-0.25, -0.2) is 0 Å². The monoisotopic (exact) mass is 462 g/mol. The molecule has 34 heavy (non-hydrogen) atoms. The Morgan fingerprint density at radius 2 is 1.62 bits per heavy atom. The van der Waals surface area contributed by atoms with Gasteiger partial charge in [-0.05, 0) is 42.0 Å². The third-order valence-electron chi connectivity index (χ3n) is 6.02. The van der Waals surface area contributed by atoms with Crippen LogP contribution in [-0.4, -0.2) is 56.5 Å². The summed E-state index contributed by atoms with van der Waals surface area (Å²) >= 11 is 0. The quantitative estimate of drug-likeness (QED) is 0.501. The molecule has 1 aromatic heterocycles. The van der Waals surface area contributed by atoms with Gasteiger partial charge in [-0.3, -0.25) is 14.5 Å². The first-order valence-corrected chi connectivity index (χ1v) is 11.4. The number of carbonyl (C=O) groups excluding carboxylic acids is 2. The SMILES string of the molecule is COc1ccc(N2CCN(C(CNC(=O)C(=O)NCc3ccccc3)c3ccco3)CC2)cc1. The van der Waals surface area contributed by atoms with Crippen molar-refractivity contribution in [3.8, 4) is 5.75 Å². The number of rotatable bonds is 8. The fourth-order valence-electron chi connectivity index (χ4n) is 4.10. The first kappa shape index (κ1) is 23.4. The summed E-state index contributed by atoms with van der Waals surface area (Å²) in [5, 5.41) is 5.45. The highest BCUT2D eigenvalue weighted by atomic mass is 16.5. The molecule has 4 rings (SSSR count). The average Bonchev–Trinajstić information content (AvgIpc) is 3.43. The number of piperazine rings is 1. The van der Waals surface area contributed by atoms with E-state index in [4.69, 9.17) is 9.15 Å². The summed E-state index contributed by atoms with van der Waals surface area (Å²) in [4.78, 5) is 29.3. The number of nitrogens with one attached hydrogen (secondary N) is 2. The van der Waals surface area contributed by atoms with Crippen molar-refractivity contribution in [1.29, 1.82) is 0 Å². The lowest BCUT2D eigenvalue weighted by molar-refractivity contribution is -0.139. The Labute approximate surface area is 199 Å². The molecule has 0 aliphatic carbocycles. The van der Waals surface area contributed by atoms with Crippen molar-refractivity contribution in [3.63, 3.8) is 0 Å². The fourth-order valence-corrected chi connectivity index (χ4v) is 4.10. The molecule has 3 aromatic rings. The minimum Gasteiger partial charge on any atom is -0.497 e. The number of anilines is 1. The Hall–Kier alpha value is -3.78. The van der Waals surface area contributed by atoms with Crippen molar-refractivity contribution < 1.29 is 18.7 Å². The summed E-state index contributed by atoms with van der Waals surface area (Å²) in [5.41, 5.74) is 2.09. The van der Waals surface area contributed by atoms with Crippen molar-refractivity contribution in [3.05, 3.63) is 84.3 Å². The number of hydrogen-bond donors (Lipinski definition) is 2. The maximum Gasteiger partial charge on any atom is 0.309 e. The van der Waals surface area contributed by atoms with Crippen molar-refractivity contribution >= 4 is 17.5 Å². The summed E-state index contributed by atoms with van der Waals surface area (Å²) in [5.74, 6) is 0.308. The zero-order valence-electron chi connectivity index (χ0n) is 19.3. The highest BCUT2D eigenvalue weighted by Crippen LogP contribution is 2.25. The zero-order valence-corrected chi connectivity index (χ0v) is 19.3. The van der Waals surface area contributed by atoms with Crippen LogP contribution in [-0.2, 0) is 16.1 Å². The molecule has 0 spiro atoms. The van der Waals surface area contributed by atoms with Crippen molar-refractivity contribution in [2.45, 2.75) is 12.6 Å². The van der Waals surface area contributed by atoms with Crippen LogP contribution in [0.1, 0.15) is 17.4 Å². The molecule has 1 aliphatic heterocycles. The first-order valence-electron chi connectivity index (χ1n) is 11.4. The molecular weight excluding hydrogens is 432 g/mol. The highest BCUT2D eigenvalue weighted by molar-refractivity contribution is 6.35. The Kier molecular flexibility index (Phi) is 7.83. The van der Waals surface area contributed by atoms with Gasteiger partial charge in [0.15, 0.2) is 0 Å². The molecule has 2 aromatic carbocycles. The minimum absolute atomic E-state index is 0.154. The lowest BCUT2D eigenvalue weighted by Gasteiger charge is -2.39. The van der Waals surface area contributed by atoms with Gasteiger partial charge in [0.25, 0.3) is 0 Å². The Morgan fingerprint density at radius 3 is 2.26 bits per heavy atom. The topological polar surface area (TPSA) is 87.0 Å². The molecule has 2 amide bonds. The van der Waals surface area contributed by atoms with Gasteiger partial charge in [0.05, 0.1) is 19.4 Å². The molecule has 8 heteroatoms. The lowest BCUT2D eigenvalue weighted by Crippen LogP contribution is -2.50. The van der Waals surface area contributed by atoms with Gasteiger partial charge >= 0.3 is 11.8 Å². The van der Waals surface area contributed by atoms with Gasteiger partial charge in [0.1, 0.15) is 11.5 Å². The van der Waals surface area contributed by atoms with Crippen LogP contribution in [0.5, 0.6) is 5.75 Å². The number of amides is 2.